The number of furan rings is 1. The van der Waals surface area contributed by atoms with E-state index in [1.165, 1.54) is 11.1 Å². The highest BCUT2D eigenvalue weighted by molar-refractivity contribution is 5.82. The molecule has 6 nitrogen and oxygen atoms in total. The van der Waals surface area contributed by atoms with Crippen LogP contribution in [0.25, 0.3) is 0 Å². The molecule has 5 rings (SSSR count). The Morgan fingerprint density at radius 2 is 1.91 bits per heavy atom. The third kappa shape index (κ3) is 4.72. The van der Waals surface area contributed by atoms with E-state index in [1.807, 2.05) is 23.1 Å². The van der Waals surface area contributed by atoms with Crippen molar-refractivity contribution in [1.29, 1.82) is 0 Å². The van der Waals surface area contributed by atoms with Crippen molar-refractivity contribution in [2.24, 2.45) is 5.92 Å². The fourth-order valence-electron chi connectivity index (χ4n) is 4.57. The summed E-state index contributed by atoms with van der Waals surface area (Å²) in [4.78, 5) is 29.4. The molecule has 176 valence electrons. The monoisotopic (exact) mass is 458 g/mol. The topological polar surface area (TPSA) is 63.0 Å². The molecule has 1 atom stereocenters. The van der Waals surface area contributed by atoms with Gasteiger partial charge in [-0.1, -0.05) is 35.9 Å². The number of ether oxygens (including phenoxy) is 1. The second-order valence-corrected chi connectivity index (χ2v) is 9.35. The van der Waals surface area contributed by atoms with Crippen LogP contribution < -0.4 is 4.74 Å². The molecule has 0 radical (unpaired) electrons. The van der Waals surface area contributed by atoms with E-state index in [2.05, 4.69) is 37.3 Å². The van der Waals surface area contributed by atoms with Crippen LogP contribution in [0.1, 0.15) is 46.9 Å². The van der Waals surface area contributed by atoms with Gasteiger partial charge in [0, 0.05) is 19.5 Å². The normalized spacial score (nSPS) is 17.2. The Bertz CT molecular complexity index is 1170. The number of hydrogen-bond acceptors (Lipinski definition) is 4. The lowest BCUT2D eigenvalue weighted by molar-refractivity contribution is -0.134. The third-order valence-corrected chi connectivity index (χ3v) is 6.71. The van der Waals surface area contributed by atoms with Gasteiger partial charge in [-0.2, -0.15) is 0 Å². The number of rotatable bonds is 7. The van der Waals surface area contributed by atoms with Gasteiger partial charge >= 0.3 is 0 Å². The number of benzene rings is 2. The van der Waals surface area contributed by atoms with Gasteiger partial charge in [0.25, 0.3) is 5.91 Å². The van der Waals surface area contributed by atoms with Crippen molar-refractivity contribution in [3.8, 4) is 5.75 Å². The van der Waals surface area contributed by atoms with Crippen LogP contribution in [0.4, 0.5) is 0 Å². The Labute approximate surface area is 200 Å². The lowest BCUT2D eigenvalue weighted by Crippen LogP contribution is -2.41. The van der Waals surface area contributed by atoms with E-state index in [0.29, 0.717) is 12.3 Å². The average Bonchev–Trinajstić information content (AvgIpc) is 3.58. The summed E-state index contributed by atoms with van der Waals surface area (Å²) >= 11 is 0. The molecule has 2 aromatic carbocycles. The third-order valence-electron chi connectivity index (χ3n) is 6.71. The predicted octanol–water partition coefficient (Wildman–Crippen LogP) is 4.51. The molecule has 1 aliphatic heterocycles. The summed E-state index contributed by atoms with van der Waals surface area (Å²) < 4.78 is 11.2. The number of likely N-dealkylation sites (N-methyl/N-ethyl adjacent to an activating group) is 1. The first-order valence-corrected chi connectivity index (χ1v) is 11.9. The van der Waals surface area contributed by atoms with Crippen molar-refractivity contribution in [1.82, 2.24) is 9.80 Å². The first kappa shape index (κ1) is 22.3. The summed E-state index contributed by atoms with van der Waals surface area (Å²) in [6, 6.07) is 17.9. The van der Waals surface area contributed by atoms with Gasteiger partial charge in [-0.25, -0.2) is 0 Å². The van der Waals surface area contributed by atoms with Crippen molar-refractivity contribution >= 4 is 11.8 Å². The van der Waals surface area contributed by atoms with Crippen molar-refractivity contribution in [3.05, 3.63) is 88.9 Å². The minimum atomic E-state index is -0.140. The van der Waals surface area contributed by atoms with Gasteiger partial charge in [0.05, 0.1) is 18.8 Å². The van der Waals surface area contributed by atoms with E-state index in [-0.39, 0.29) is 30.4 Å². The maximum atomic E-state index is 13.2. The molecule has 6 heteroatoms. The van der Waals surface area contributed by atoms with Gasteiger partial charge in [-0.15, -0.1) is 0 Å². The van der Waals surface area contributed by atoms with Crippen LogP contribution in [0, 0.1) is 12.8 Å². The fourth-order valence-corrected chi connectivity index (χ4v) is 4.57. The van der Waals surface area contributed by atoms with E-state index in [9.17, 15) is 9.59 Å². The Balaban J connectivity index is 1.36. The van der Waals surface area contributed by atoms with E-state index in [0.717, 1.165) is 42.7 Å². The molecule has 2 amide bonds. The quantitative estimate of drug-likeness (QED) is 0.523. The summed E-state index contributed by atoms with van der Waals surface area (Å²) in [6.45, 7) is 3.12. The smallest absolute Gasteiger partial charge is 0.260 e. The zero-order valence-corrected chi connectivity index (χ0v) is 19.7. The molecular weight excluding hydrogens is 428 g/mol. The number of amides is 2. The van der Waals surface area contributed by atoms with Crippen molar-refractivity contribution in [2.45, 2.75) is 38.8 Å². The molecule has 1 aliphatic carbocycles. The van der Waals surface area contributed by atoms with Crippen LogP contribution in [0.2, 0.25) is 0 Å². The molecule has 0 spiro atoms. The molecule has 0 bridgehead atoms. The van der Waals surface area contributed by atoms with Crippen LogP contribution in [0.3, 0.4) is 0 Å². The molecule has 0 N–H and O–H groups in total. The summed E-state index contributed by atoms with van der Waals surface area (Å²) in [5.74, 6) is 1.64. The second kappa shape index (κ2) is 9.37. The molecule has 0 unspecified atom stereocenters. The minimum Gasteiger partial charge on any atom is -0.484 e. The van der Waals surface area contributed by atoms with Crippen molar-refractivity contribution in [3.63, 3.8) is 0 Å². The van der Waals surface area contributed by atoms with Gasteiger partial charge in [-0.05, 0) is 67.1 Å². The molecular formula is C28H30N2O4. The van der Waals surface area contributed by atoms with E-state index in [4.69, 9.17) is 9.15 Å². The molecule has 3 aromatic rings. The maximum Gasteiger partial charge on any atom is 0.260 e. The Morgan fingerprint density at radius 3 is 2.62 bits per heavy atom. The summed E-state index contributed by atoms with van der Waals surface area (Å²) in [7, 11) is 1.73. The molecule has 1 aromatic heterocycles. The number of carbonyl (C=O) groups is 2. The van der Waals surface area contributed by atoms with Gasteiger partial charge in [0.2, 0.25) is 5.91 Å². The van der Waals surface area contributed by atoms with Crippen LogP contribution in [0.5, 0.6) is 5.75 Å². The van der Waals surface area contributed by atoms with Crippen LogP contribution >= 0.6 is 0 Å². The number of carbonyl (C=O) groups excluding carboxylic acids is 2. The lowest BCUT2D eigenvalue weighted by atomic mass is 9.87. The molecule has 0 saturated heterocycles. The molecule has 1 fully saturated rings. The van der Waals surface area contributed by atoms with Gasteiger partial charge in [-0.3, -0.25) is 9.59 Å². The largest absolute Gasteiger partial charge is 0.484 e. The fraction of sp³-hybridized carbons (Fsp3) is 0.357. The van der Waals surface area contributed by atoms with Crippen molar-refractivity contribution in [2.75, 3.05) is 20.2 Å². The Morgan fingerprint density at radius 1 is 1.12 bits per heavy atom. The van der Waals surface area contributed by atoms with Gasteiger partial charge in [0.15, 0.2) is 6.61 Å². The summed E-state index contributed by atoms with van der Waals surface area (Å²) in [6.07, 6.45) is 4.39. The highest BCUT2D eigenvalue weighted by Gasteiger charge is 2.39. The maximum absolute atomic E-state index is 13.2. The molecule has 34 heavy (non-hydrogen) atoms. The summed E-state index contributed by atoms with van der Waals surface area (Å²) in [5, 5.41) is 0. The number of nitrogens with zero attached hydrogens (tertiary/aromatic N) is 2. The lowest BCUT2D eigenvalue weighted by Gasteiger charge is -2.38. The SMILES string of the molecule is Cc1ccc([C@H]2c3cc(OCC(=O)N(C)Cc4ccco4)ccc3CCN2C(=O)C2CC2)cc1. The van der Waals surface area contributed by atoms with Gasteiger partial charge in [0.1, 0.15) is 11.5 Å². The highest BCUT2D eigenvalue weighted by Crippen LogP contribution is 2.41. The molecule has 1 saturated carbocycles. The Hall–Kier alpha value is -3.54. The van der Waals surface area contributed by atoms with Crippen molar-refractivity contribution < 1.29 is 18.7 Å². The van der Waals surface area contributed by atoms with Crippen LogP contribution in [-0.2, 0) is 22.6 Å². The number of aryl methyl sites for hydroxylation is 1. The van der Waals surface area contributed by atoms with E-state index in [1.54, 1.807) is 24.3 Å². The first-order chi connectivity index (χ1) is 16.5. The van der Waals surface area contributed by atoms with E-state index >= 15 is 0 Å². The number of fused-ring (bicyclic) bond motifs is 1. The average molecular weight is 459 g/mol. The highest BCUT2D eigenvalue weighted by atomic mass is 16.5. The number of hydrogen-bond donors (Lipinski definition) is 0. The molecule has 2 heterocycles. The zero-order valence-electron chi connectivity index (χ0n) is 19.7. The standard InChI is InChI=1S/C28H30N2O4/c1-19-5-7-21(8-6-19)27-25-16-23(34-18-26(31)29(2)17-24-4-3-15-33-24)12-11-20(25)13-14-30(27)28(32)22-9-10-22/h3-8,11-12,15-16,22,27H,9-10,13-14,17-18H2,1-2H3/t27-/m0/s1. The zero-order chi connectivity index (χ0) is 23.7. The second-order valence-electron chi connectivity index (χ2n) is 9.35. The minimum absolute atomic E-state index is 0.0596. The van der Waals surface area contributed by atoms with Crippen LogP contribution in [-0.4, -0.2) is 41.8 Å². The first-order valence-electron chi connectivity index (χ1n) is 11.9. The van der Waals surface area contributed by atoms with Gasteiger partial charge < -0.3 is 19.0 Å². The molecule has 2 aliphatic rings. The van der Waals surface area contributed by atoms with Crippen LogP contribution in [0.15, 0.2) is 65.3 Å². The predicted molar refractivity (Wildman–Crippen MR) is 128 cm³/mol. The summed E-state index contributed by atoms with van der Waals surface area (Å²) in [5.41, 5.74) is 4.60. The van der Waals surface area contributed by atoms with E-state index < -0.39 is 0 Å². The Kier molecular flexibility index (Phi) is 6.14.